The molecule has 22 heavy (non-hydrogen) atoms. The second kappa shape index (κ2) is 10.4. The van der Waals surface area contributed by atoms with Crippen LogP contribution < -0.4 is 11.1 Å². The Bertz CT molecular complexity index is 450. The van der Waals surface area contributed by atoms with E-state index in [4.69, 9.17) is 5.73 Å². The van der Waals surface area contributed by atoms with Crippen LogP contribution in [0.15, 0.2) is 5.38 Å². The molecule has 128 valence electrons. The molecule has 1 aromatic rings. The topological polar surface area (TPSA) is 71.2 Å². The molecule has 2 heterocycles. The van der Waals surface area contributed by atoms with Crippen molar-refractivity contribution in [2.24, 2.45) is 11.7 Å². The van der Waals surface area contributed by atoms with Crippen LogP contribution >= 0.6 is 36.2 Å². The molecular formula is C14H26Cl2N4OS. The van der Waals surface area contributed by atoms with E-state index in [1.54, 1.807) is 0 Å². The summed E-state index contributed by atoms with van der Waals surface area (Å²) in [4.78, 5) is 18.8. The van der Waals surface area contributed by atoms with Crippen molar-refractivity contribution >= 4 is 47.2 Å². The number of rotatable bonds is 5. The zero-order chi connectivity index (χ0) is 14.5. The highest BCUT2D eigenvalue weighted by Gasteiger charge is 2.19. The number of carbonyl (C=O) groups excluding carboxylic acids is 1. The lowest BCUT2D eigenvalue weighted by molar-refractivity contribution is -0.118. The Balaban J connectivity index is 0.00000220. The van der Waals surface area contributed by atoms with Crippen molar-refractivity contribution < 1.29 is 4.79 Å². The molecule has 0 radical (unpaired) electrons. The van der Waals surface area contributed by atoms with Crippen LogP contribution in [0.3, 0.4) is 0 Å². The fraction of sp³-hybridized carbons (Fsp3) is 0.714. The Kier molecular flexibility index (Phi) is 10.2. The molecule has 0 spiro atoms. The number of hydrogen-bond donors (Lipinski definition) is 2. The quantitative estimate of drug-likeness (QED) is 0.837. The molecule has 1 amide bonds. The van der Waals surface area contributed by atoms with Crippen molar-refractivity contribution in [2.45, 2.75) is 45.7 Å². The monoisotopic (exact) mass is 368 g/mol. The van der Waals surface area contributed by atoms with Crippen LogP contribution in [-0.2, 0) is 11.3 Å². The summed E-state index contributed by atoms with van der Waals surface area (Å²) < 4.78 is 0. The van der Waals surface area contributed by atoms with Gasteiger partial charge < -0.3 is 11.1 Å². The van der Waals surface area contributed by atoms with Crippen LogP contribution in [0.1, 0.15) is 38.8 Å². The van der Waals surface area contributed by atoms with Crippen LogP contribution in [0.5, 0.6) is 0 Å². The van der Waals surface area contributed by atoms with Gasteiger partial charge in [0.05, 0.1) is 11.7 Å². The molecular weight excluding hydrogens is 343 g/mol. The predicted octanol–water partition coefficient (Wildman–Crippen LogP) is 2.89. The maximum atomic E-state index is 11.9. The highest BCUT2D eigenvalue weighted by atomic mass is 35.5. The van der Waals surface area contributed by atoms with Crippen molar-refractivity contribution in [1.29, 1.82) is 0 Å². The molecule has 1 saturated heterocycles. The summed E-state index contributed by atoms with van der Waals surface area (Å²) in [5, 5.41) is 5.48. The van der Waals surface area contributed by atoms with E-state index in [1.807, 2.05) is 19.2 Å². The molecule has 0 bridgehead atoms. The van der Waals surface area contributed by atoms with Crippen LogP contribution in [0.25, 0.3) is 0 Å². The molecule has 1 aliphatic rings. The maximum Gasteiger partial charge on any atom is 0.243 e. The van der Waals surface area contributed by atoms with Gasteiger partial charge in [-0.15, -0.1) is 36.2 Å². The normalized spacial score (nSPS) is 16.5. The van der Waals surface area contributed by atoms with E-state index in [1.165, 1.54) is 30.6 Å². The van der Waals surface area contributed by atoms with Gasteiger partial charge in [0.15, 0.2) is 5.13 Å². The molecule has 1 aliphatic heterocycles. The molecule has 1 fully saturated rings. The average molecular weight is 369 g/mol. The van der Waals surface area contributed by atoms with Gasteiger partial charge in [0.1, 0.15) is 0 Å². The van der Waals surface area contributed by atoms with Gasteiger partial charge in [0.2, 0.25) is 5.91 Å². The van der Waals surface area contributed by atoms with Gasteiger partial charge in [0.25, 0.3) is 0 Å². The maximum absolute atomic E-state index is 11.9. The number of amides is 1. The van der Waals surface area contributed by atoms with Gasteiger partial charge in [-0.1, -0.05) is 20.3 Å². The Morgan fingerprint density at radius 3 is 2.59 bits per heavy atom. The number of nitrogens with two attached hydrogens (primary N) is 1. The largest absolute Gasteiger partial charge is 0.320 e. The van der Waals surface area contributed by atoms with E-state index in [-0.39, 0.29) is 36.6 Å². The molecule has 1 aromatic heterocycles. The Labute approximate surface area is 148 Å². The number of piperidine rings is 1. The third-order valence-corrected chi connectivity index (χ3v) is 4.44. The number of nitrogens with zero attached hydrogens (tertiary/aromatic N) is 2. The summed E-state index contributed by atoms with van der Waals surface area (Å²) in [5.74, 6) is -0.0262. The number of nitrogens with one attached hydrogen (secondary N) is 1. The summed E-state index contributed by atoms with van der Waals surface area (Å²) in [5.41, 5.74) is 6.85. The number of likely N-dealkylation sites (tertiary alicyclic amines) is 1. The highest BCUT2D eigenvalue weighted by Crippen LogP contribution is 2.19. The van der Waals surface area contributed by atoms with Crippen molar-refractivity contribution in [3.8, 4) is 0 Å². The Morgan fingerprint density at radius 2 is 2.00 bits per heavy atom. The number of carbonyl (C=O) groups is 1. The van der Waals surface area contributed by atoms with Gasteiger partial charge in [-0.3, -0.25) is 9.69 Å². The second-order valence-corrected chi connectivity index (χ2v) is 6.60. The van der Waals surface area contributed by atoms with E-state index in [2.05, 4.69) is 15.2 Å². The van der Waals surface area contributed by atoms with Crippen molar-refractivity contribution in [3.63, 3.8) is 0 Å². The first-order valence-corrected chi connectivity index (χ1v) is 8.17. The molecule has 1 unspecified atom stereocenters. The van der Waals surface area contributed by atoms with Gasteiger partial charge in [-0.25, -0.2) is 4.98 Å². The molecule has 8 heteroatoms. The standard InChI is InChI=1S/C14H24N4OS.2ClH/c1-10(2)12(15)13(19)17-14-16-11(9-20-14)8-18-6-4-3-5-7-18;;/h9-10,12H,3-8,15H2,1-2H3,(H,16,17,19);2*1H. The number of hydrogen-bond acceptors (Lipinski definition) is 5. The van der Waals surface area contributed by atoms with E-state index < -0.39 is 6.04 Å². The lowest BCUT2D eigenvalue weighted by atomic mass is 10.1. The van der Waals surface area contributed by atoms with Gasteiger partial charge >= 0.3 is 0 Å². The summed E-state index contributed by atoms with van der Waals surface area (Å²) in [6.07, 6.45) is 3.88. The third kappa shape index (κ3) is 6.38. The SMILES string of the molecule is CC(C)C(N)C(=O)Nc1nc(CN2CCCCC2)cs1.Cl.Cl. The molecule has 0 aromatic carbocycles. The van der Waals surface area contributed by atoms with Crippen LogP contribution in [0.4, 0.5) is 5.13 Å². The first-order valence-electron chi connectivity index (χ1n) is 7.29. The second-order valence-electron chi connectivity index (χ2n) is 5.74. The Morgan fingerprint density at radius 1 is 1.36 bits per heavy atom. The van der Waals surface area contributed by atoms with Crippen LogP contribution in [0.2, 0.25) is 0 Å². The summed E-state index contributed by atoms with van der Waals surface area (Å²) in [7, 11) is 0. The highest BCUT2D eigenvalue weighted by molar-refractivity contribution is 7.13. The van der Waals surface area contributed by atoms with Crippen molar-refractivity contribution in [3.05, 3.63) is 11.1 Å². The van der Waals surface area contributed by atoms with Crippen molar-refractivity contribution in [1.82, 2.24) is 9.88 Å². The van der Waals surface area contributed by atoms with Gasteiger partial charge in [-0.05, 0) is 31.8 Å². The van der Waals surface area contributed by atoms with Crippen LogP contribution in [0, 0.1) is 5.92 Å². The minimum atomic E-state index is -0.482. The van der Waals surface area contributed by atoms with Gasteiger partial charge in [0, 0.05) is 11.9 Å². The fourth-order valence-corrected chi connectivity index (χ4v) is 2.98. The van der Waals surface area contributed by atoms with Crippen molar-refractivity contribution in [2.75, 3.05) is 18.4 Å². The fourth-order valence-electron chi connectivity index (χ4n) is 2.28. The summed E-state index contributed by atoms with van der Waals surface area (Å²) >= 11 is 1.47. The zero-order valence-corrected chi connectivity index (χ0v) is 15.5. The lowest BCUT2D eigenvalue weighted by Gasteiger charge is -2.25. The van der Waals surface area contributed by atoms with E-state index in [0.717, 1.165) is 25.3 Å². The first-order chi connectivity index (χ1) is 9.56. The van der Waals surface area contributed by atoms with E-state index in [0.29, 0.717) is 5.13 Å². The van der Waals surface area contributed by atoms with Gasteiger partial charge in [-0.2, -0.15) is 0 Å². The minimum absolute atomic E-state index is 0. The zero-order valence-electron chi connectivity index (χ0n) is 13.1. The summed E-state index contributed by atoms with van der Waals surface area (Å²) in [6, 6.07) is -0.482. The number of thiazole rings is 1. The third-order valence-electron chi connectivity index (χ3n) is 3.64. The molecule has 2 rings (SSSR count). The molecule has 0 aliphatic carbocycles. The summed E-state index contributed by atoms with van der Waals surface area (Å²) in [6.45, 7) is 7.05. The first kappa shape index (κ1) is 21.6. The average Bonchev–Trinajstić information content (AvgIpc) is 2.86. The van der Waals surface area contributed by atoms with E-state index in [9.17, 15) is 4.79 Å². The lowest BCUT2D eigenvalue weighted by Crippen LogP contribution is -2.39. The minimum Gasteiger partial charge on any atom is -0.320 e. The smallest absolute Gasteiger partial charge is 0.243 e. The predicted molar refractivity (Wildman–Crippen MR) is 97.2 cm³/mol. The number of halogens is 2. The van der Waals surface area contributed by atoms with Crippen LogP contribution in [-0.4, -0.2) is 34.9 Å². The number of anilines is 1. The Hall–Kier alpha value is -0.400. The number of aromatic nitrogens is 1. The molecule has 5 nitrogen and oxygen atoms in total. The molecule has 1 atom stereocenters. The van der Waals surface area contributed by atoms with E-state index >= 15 is 0 Å². The molecule has 3 N–H and O–H groups in total. The molecule has 0 saturated carbocycles.